The van der Waals surface area contributed by atoms with Crippen molar-refractivity contribution in [2.75, 3.05) is 0 Å². The fraction of sp³-hybridized carbons (Fsp3) is 0.545. The summed E-state index contributed by atoms with van der Waals surface area (Å²) in [5, 5.41) is 0. The van der Waals surface area contributed by atoms with E-state index in [1.54, 1.807) is 11.1 Å². The highest BCUT2D eigenvalue weighted by Crippen LogP contribution is 2.52. The summed E-state index contributed by atoms with van der Waals surface area (Å²) in [7, 11) is 0. The first-order chi connectivity index (χ1) is 37.8. The molecule has 416 valence electrons. The molecule has 0 saturated carbocycles. The molecule has 11 heteroatoms. The van der Waals surface area contributed by atoms with Gasteiger partial charge in [-0.05, 0) is 179 Å². The molecule has 0 fully saturated rings. The maximum Gasteiger partial charge on any atom is 0.114 e. The van der Waals surface area contributed by atoms with Crippen LogP contribution in [0.15, 0.2) is 56.1 Å². The molecule has 7 heterocycles. The number of hydrogen-bond acceptors (Lipinski definition) is 9. The van der Waals surface area contributed by atoms with Crippen LogP contribution in [0, 0.1) is 0 Å². The maximum atomic E-state index is 5.15. The average molecular weight is 1290 g/mol. The lowest BCUT2D eigenvalue weighted by molar-refractivity contribution is 0.667. The van der Waals surface area contributed by atoms with E-state index in [9.17, 15) is 0 Å². The lowest BCUT2D eigenvalue weighted by Crippen LogP contribution is -1.87. The van der Waals surface area contributed by atoms with E-state index in [1.165, 1.54) is 256 Å². The molecule has 77 heavy (non-hydrogen) atoms. The van der Waals surface area contributed by atoms with Gasteiger partial charge in [0.2, 0.25) is 0 Å². The smallest absolute Gasteiger partial charge is 0.114 e. The Morgan fingerprint density at radius 1 is 0.299 bits per heavy atom. The highest BCUT2D eigenvalue weighted by atomic mass is 79.9. The Hall–Kier alpha value is -1.80. The first kappa shape index (κ1) is 61.3. The molecule has 0 saturated heterocycles. The number of halogens is 2. The molecule has 1 aromatic carbocycles. The summed E-state index contributed by atoms with van der Waals surface area (Å²) in [6.07, 6.45) is 37.6. The summed E-state index contributed by atoms with van der Waals surface area (Å²) in [6, 6.07) is 20.1. The molecule has 8 rings (SSSR count). The Morgan fingerprint density at radius 2 is 0.545 bits per heavy atom. The molecule has 0 N–H and O–H groups in total. The lowest BCUT2D eigenvalue weighted by Gasteiger charge is -2.03. The molecular formula is C66H86Br2N2S7. The fourth-order valence-electron chi connectivity index (χ4n) is 10.9. The van der Waals surface area contributed by atoms with Crippen LogP contribution in [0.3, 0.4) is 0 Å². The minimum absolute atomic E-state index is 1.05. The van der Waals surface area contributed by atoms with Crippen LogP contribution in [0.4, 0.5) is 0 Å². The van der Waals surface area contributed by atoms with E-state index in [4.69, 9.17) is 8.75 Å². The van der Waals surface area contributed by atoms with Gasteiger partial charge in [-0.15, -0.1) is 68.0 Å². The third-order valence-electron chi connectivity index (χ3n) is 15.4. The molecular weight excluding hydrogens is 1210 g/mol. The number of aromatic nitrogens is 2. The largest absolute Gasteiger partial charge is 0.172 e. The zero-order valence-electron chi connectivity index (χ0n) is 47.3. The van der Waals surface area contributed by atoms with Crippen molar-refractivity contribution in [3.05, 3.63) is 89.5 Å². The van der Waals surface area contributed by atoms with E-state index in [2.05, 4.69) is 145 Å². The summed E-state index contributed by atoms with van der Waals surface area (Å²) in [5.74, 6) is 0. The molecule has 0 aliphatic heterocycles. The third-order valence-corrected chi connectivity index (χ3v) is 25.3. The van der Waals surface area contributed by atoms with Gasteiger partial charge in [0.1, 0.15) is 11.0 Å². The second kappa shape index (κ2) is 32.2. The van der Waals surface area contributed by atoms with Crippen LogP contribution in [0.25, 0.3) is 70.9 Å². The van der Waals surface area contributed by atoms with Crippen molar-refractivity contribution < 1.29 is 0 Å². The molecule has 0 atom stereocenters. The van der Waals surface area contributed by atoms with Gasteiger partial charge in [-0.25, -0.2) is 0 Å². The second-order valence-corrected chi connectivity index (χ2v) is 31.1. The highest BCUT2D eigenvalue weighted by Gasteiger charge is 2.25. The molecule has 0 bridgehead atoms. The first-order valence-corrected chi connectivity index (χ1v) is 37.3. The van der Waals surface area contributed by atoms with Crippen molar-refractivity contribution in [3.63, 3.8) is 0 Å². The Labute approximate surface area is 510 Å². The van der Waals surface area contributed by atoms with Gasteiger partial charge in [-0.2, -0.15) is 8.75 Å². The van der Waals surface area contributed by atoms with Gasteiger partial charge in [-0.3, -0.25) is 0 Å². The summed E-state index contributed by atoms with van der Waals surface area (Å²) < 4.78 is 13.0. The van der Waals surface area contributed by atoms with E-state index >= 15 is 0 Å². The van der Waals surface area contributed by atoms with Crippen LogP contribution in [0.5, 0.6) is 0 Å². The summed E-state index contributed by atoms with van der Waals surface area (Å²) in [4.78, 5) is 14.3. The molecule has 0 radical (unpaired) electrons. The van der Waals surface area contributed by atoms with Crippen molar-refractivity contribution in [1.29, 1.82) is 0 Å². The zero-order chi connectivity index (χ0) is 53.9. The molecule has 8 aromatic rings. The first-order valence-electron chi connectivity index (χ1n) is 30.1. The molecule has 0 aliphatic carbocycles. The quantitative estimate of drug-likeness (QED) is 0.0366. The number of benzene rings is 1. The van der Waals surface area contributed by atoms with Gasteiger partial charge < -0.3 is 0 Å². The van der Waals surface area contributed by atoms with E-state index < -0.39 is 0 Å². The predicted octanol–water partition coefficient (Wildman–Crippen LogP) is 26.3. The number of unbranched alkanes of at least 4 members (excludes halogenated alkanes) is 18. The Morgan fingerprint density at radius 3 is 0.844 bits per heavy atom. The van der Waals surface area contributed by atoms with Crippen LogP contribution < -0.4 is 0 Å². The van der Waals surface area contributed by atoms with Crippen molar-refractivity contribution in [1.82, 2.24) is 8.75 Å². The molecule has 0 unspecified atom stereocenters. The molecule has 7 aromatic heterocycles. The Balaban J connectivity index is 1.16. The predicted molar refractivity (Wildman–Crippen MR) is 360 cm³/mol. The maximum absolute atomic E-state index is 5.15. The van der Waals surface area contributed by atoms with Gasteiger partial charge in [0, 0.05) is 59.9 Å². The average Bonchev–Trinajstić information content (AvgIpc) is 4.35. The van der Waals surface area contributed by atoms with Crippen LogP contribution in [0.2, 0.25) is 0 Å². The molecule has 0 spiro atoms. The van der Waals surface area contributed by atoms with Gasteiger partial charge in [-0.1, -0.05) is 169 Å². The van der Waals surface area contributed by atoms with Crippen LogP contribution in [-0.2, 0) is 38.5 Å². The van der Waals surface area contributed by atoms with Crippen molar-refractivity contribution in [2.24, 2.45) is 0 Å². The Kier molecular flexibility index (Phi) is 25.6. The van der Waals surface area contributed by atoms with Crippen molar-refractivity contribution in [3.8, 4) is 59.9 Å². The lowest BCUT2D eigenvalue weighted by atomic mass is 10.0. The van der Waals surface area contributed by atoms with Crippen LogP contribution in [-0.4, -0.2) is 8.75 Å². The van der Waals surface area contributed by atoms with Gasteiger partial charge in [0.25, 0.3) is 0 Å². The van der Waals surface area contributed by atoms with Crippen molar-refractivity contribution >= 4 is 123 Å². The van der Waals surface area contributed by atoms with E-state index in [1.807, 2.05) is 45.3 Å². The van der Waals surface area contributed by atoms with Gasteiger partial charge in [0.15, 0.2) is 0 Å². The molecule has 0 aliphatic rings. The molecule has 0 amide bonds. The minimum Gasteiger partial charge on any atom is -0.172 e. The standard InChI is InChI=1S/C66H86Br2N2S7/c1-7-13-19-25-31-45-39-53(71-61(45)55-41-47(33-27-21-15-9-3)63(73-55)57-43-49(65(67)75-57)35-29-23-17-11-5)51-37-38-52(60-59(51)69-77-70-60)54-40-46(32-26-20-14-8-2)62(72-54)56-42-48(34-28-22-16-10-4)64(74-56)58-44-50(66(68)76-58)36-30-24-18-12-6/h37-44H,7-36H2,1-6H3. The number of fused-ring (bicyclic) bond motifs is 1. The zero-order valence-corrected chi connectivity index (χ0v) is 56.2. The number of hydrogen-bond donors (Lipinski definition) is 0. The van der Waals surface area contributed by atoms with Crippen LogP contribution >= 0.6 is 112 Å². The van der Waals surface area contributed by atoms with Crippen molar-refractivity contribution in [2.45, 2.75) is 234 Å². The van der Waals surface area contributed by atoms with E-state index in [0.717, 1.165) is 49.6 Å². The van der Waals surface area contributed by atoms with Crippen LogP contribution in [0.1, 0.15) is 229 Å². The van der Waals surface area contributed by atoms with E-state index in [0.29, 0.717) is 0 Å². The number of aryl methyl sites for hydroxylation is 6. The second-order valence-electron chi connectivity index (χ2n) is 21.7. The summed E-state index contributed by atoms with van der Waals surface area (Å²) in [6.45, 7) is 13.9. The summed E-state index contributed by atoms with van der Waals surface area (Å²) >= 11 is 21.5. The highest BCUT2D eigenvalue weighted by molar-refractivity contribution is 9.11. The SMILES string of the molecule is CCCCCCc1cc(-c2sc(-c3sc(-c4ccc(-c5cc(CCCCCC)c(-c6cc(CCCCCC)c(-c7cc(CCCCCC)c(Br)s7)s6)s5)c5nsnc45)cc3CCCCCC)cc2CCCCCC)sc1Br. The normalized spacial score (nSPS) is 11.9. The minimum atomic E-state index is 1.05. The number of nitrogens with zero attached hydrogens (tertiary/aromatic N) is 2. The van der Waals surface area contributed by atoms with Gasteiger partial charge >= 0.3 is 0 Å². The monoisotopic (exact) mass is 1290 g/mol. The number of thiophene rings is 6. The third kappa shape index (κ3) is 16.5. The summed E-state index contributed by atoms with van der Waals surface area (Å²) in [5.41, 5.74) is 13.6. The molecule has 2 nitrogen and oxygen atoms in total. The number of rotatable bonds is 36. The Bertz CT molecular complexity index is 2820. The fourth-order valence-corrected chi connectivity index (χ4v) is 20.4. The topological polar surface area (TPSA) is 25.8 Å². The van der Waals surface area contributed by atoms with Gasteiger partial charge in [0.05, 0.1) is 19.3 Å². The van der Waals surface area contributed by atoms with E-state index in [-0.39, 0.29) is 0 Å².